The van der Waals surface area contributed by atoms with Crippen molar-refractivity contribution in [3.63, 3.8) is 0 Å². The molecular formula is C13H17BrO3. The third kappa shape index (κ3) is 4.77. The lowest BCUT2D eigenvalue weighted by atomic mass is 10.1. The van der Waals surface area contributed by atoms with Crippen molar-refractivity contribution in [1.29, 1.82) is 0 Å². The second-order valence-corrected chi connectivity index (χ2v) is 4.69. The molecule has 0 spiro atoms. The summed E-state index contributed by atoms with van der Waals surface area (Å²) in [5.74, 6) is 0.357. The molecule has 1 aromatic carbocycles. The summed E-state index contributed by atoms with van der Waals surface area (Å²) in [6, 6.07) is 7.56. The molecule has 0 aliphatic carbocycles. The number of carbonyl (C=O) groups is 1. The third-order valence-electron chi connectivity index (χ3n) is 2.42. The number of esters is 1. The van der Waals surface area contributed by atoms with Gasteiger partial charge in [0.2, 0.25) is 0 Å². The third-order valence-corrected chi connectivity index (χ3v) is 2.91. The molecule has 1 rings (SSSR count). The van der Waals surface area contributed by atoms with Gasteiger partial charge >= 0.3 is 5.97 Å². The van der Waals surface area contributed by atoms with Gasteiger partial charge < -0.3 is 9.47 Å². The van der Waals surface area contributed by atoms with Gasteiger partial charge in [-0.3, -0.25) is 4.79 Å². The lowest BCUT2D eigenvalue weighted by Crippen LogP contribution is -2.23. The van der Waals surface area contributed by atoms with Crippen molar-refractivity contribution in [3.05, 3.63) is 28.7 Å². The van der Waals surface area contributed by atoms with Crippen LogP contribution in [0.25, 0.3) is 0 Å². The zero-order valence-electron chi connectivity index (χ0n) is 10.1. The standard InChI is InChI=1S/C13H17BrO3/c1-3-5-10(13(15)16-2)9-17-12-7-4-6-11(14)8-12/h4,6-8,10H,3,5,9H2,1-2H3. The highest BCUT2D eigenvalue weighted by molar-refractivity contribution is 9.10. The first kappa shape index (κ1) is 14.0. The molecule has 0 aliphatic heterocycles. The monoisotopic (exact) mass is 300 g/mol. The van der Waals surface area contributed by atoms with Crippen LogP contribution in [0.5, 0.6) is 5.75 Å². The van der Waals surface area contributed by atoms with E-state index < -0.39 is 0 Å². The molecule has 0 aromatic heterocycles. The van der Waals surface area contributed by atoms with Gasteiger partial charge in [-0.05, 0) is 24.6 Å². The van der Waals surface area contributed by atoms with Crippen molar-refractivity contribution in [3.8, 4) is 5.75 Å². The van der Waals surface area contributed by atoms with Crippen LogP contribution in [-0.2, 0) is 9.53 Å². The smallest absolute Gasteiger partial charge is 0.312 e. The Morgan fingerprint density at radius 1 is 1.47 bits per heavy atom. The van der Waals surface area contributed by atoms with E-state index in [1.165, 1.54) is 7.11 Å². The number of hydrogen-bond acceptors (Lipinski definition) is 3. The first-order chi connectivity index (χ1) is 8.17. The number of hydrogen-bond donors (Lipinski definition) is 0. The number of carbonyl (C=O) groups excluding carboxylic acids is 1. The number of methoxy groups -OCH3 is 1. The lowest BCUT2D eigenvalue weighted by molar-refractivity contribution is -0.146. The zero-order valence-corrected chi connectivity index (χ0v) is 11.7. The van der Waals surface area contributed by atoms with Crippen molar-refractivity contribution >= 4 is 21.9 Å². The van der Waals surface area contributed by atoms with Crippen molar-refractivity contribution in [1.82, 2.24) is 0 Å². The first-order valence-electron chi connectivity index (χ1n) is 5.63. The highest BCUT2D eigenvalue weighted by atomic mass is 79.9. The maximum atomic E-state index is 11.5. The van der Waals surface area contributed by atoms with Crippen molar-refractivity contribution in [2.24, 2.45) is 5.92 Å². The molecule has 3 nitrogen and oxygen atoms in total. The molecule has 1 unspecified atom stereocenters. The van der Waals surface area contributed by atoms with Crippen LogP contribution in [0.15, 0.2) is 28.7 Å². The van der Waals surface area contributed by atoms with Crippen LogP contribution in [0.3, 0.4) is 0 Å². The fourth-order valence-electron chi connectivity index (χ4n) is 1.54. The fourth-order valence-corrected chi connectivity index (χ4v) is 1.92. The van der Waals surface area contributed by atoms with Gasteiger partial charge in [-0.15, -0.1) is 0 Å². The minimum absolute atomic E-state index is 0.191. The number of halogens is 1. The van der Waals surface area contributed by atoms with E-state index in [-0.39, 0.29) is 11.9 Å². The summed E-state index contributed by atoms with van der Waals surface area (Å²) in [6.45, 7) is 2.39. The van der Waals surface area contributed by atoms with E-state index in [0.717, 1.165) is 23.1 Å². The minimum Gasteiger partial charge on any atom is -0.493 e. The van der Waals surface area contributed by atoms with E-state index in [4.69, 9.17) is 9.47 Å². The summed E-state index contributed by atoms with van der Waals surface area (Å²) < 4.78 is 11.3. The van der Waals surface area contributed by atoms with E-state index in [1.54, 1.807) is 0 Å². The van der Waals surface area contributed by atoms with E-state index in [0.29, 0.717) is 6.61 Å². The largest absolute Gasteiger partial charge is 0.493 e. The Morgan fingerprint density at radius 2 is 2.24 bits per heavy atom. The molecule has 0 radical (unpaired) electrons. The summed E-state index contributed by atoms with van der Waals surface area (Å²) in [5.41, 5.74) is 0. The van der Waals surface area contributed by atoms with Crippen LogP contribution >= 0.6 is 15.9 Å². The summed E-state index contributed by atoms with van der Waals surface area (Å²) in [5, 5.41) is 0. The van der Waals surface area contributed by atoms with Gasteiger partial charge in [0.15, 0.2) is 0 Å². The fraction of sp³-hybridized carbons (Fsp3) is 0.462. The Morgan fingerprint density at radius 3 is 2.82 bits per heavy atom. The van der Waals surface area contributed by atoms with Gasteiger partial charge in [-0.2, -0.15) is 0 Å². The molecule has 0 saturated heterocycles. The van der Waals surface area contributed by atoms with E-state index in [1.807, 2.05) is 31.2 Å². The van der Waals surface area contributed by atoms with Crippen molar-refractivity contribution in [2.45, 2.75) is 19.8 Å². The molecule has 0 amide bonds. The molecule has 4 heteroatoms. The van der Waals surface area contributed by atoms with Gasteiger partial charge in [-0.25, -0.2) is 0 Å². The molecule has 94 valence electrons. The van der Waals surface area contributed by atoms with E-state index in [2.05, 4.69) is 15.9 Å². The number of benzene rings is 1. The maximum Gasteiger partial charge on any atom is 0.312 e. The van der Waals surface area contributed by atoms with E-state index >= 15 is 0 Å². The average Bonchev–Trinajstić information content (AvgIpc) is 2.33. The summed E-state index contributed by atoms with van der Waals surface area (Å²) >= 11 is 3.37. The Bertz CT molecular complexity index is 365. The number of rotatable bonds is 6. The SMILES string of the molecule is CCCC(COc1cccc(Br)c1)C(=O)OC. The summed E-state index contributed by atoms with van der Waals surface area (Å²) in [4.78, 5) is 11.5. The molecule has 1 atom stereocenters. The first-order valence-corrected chi connectivity index (χ1v) is 6.42. The second kappa shape index (κ2) is 7.33. The Hall–Kier alpha value is -1.03. The Kier molecular flexibility index (Phi) is 6.05. The molecule has 17 heavy (non-hydrogen) atoms. The Balaban J connectivity index is 2.54. The zero-order chi connectivity index (χ0) is 12.7. The van der Waals surface area contributed by atoms with Gasteiger partial charge in [0, 0.05) is 4.47 Å². The van der Waals surface area contributed by atoms with Crippen LogP contribution < -0.4 is 4.74 Å². The molecular weight excluding hydrogens is 284 g/mol. The highest BCUT2D eigenvalue weighted by Gasteiger charge is 2.18. The predicted molar refractivity (Wildman–Crippen MR) is 70.1 cm³/mol. The van der Waals surface area contributed by atoms with E-state index in [9.17, 15) is 4.79 Å². The summed E-state index contributed by atoms with van der Waals surface area (Å²) in [6.07, 6.45) is 1.71. The Labute approximate surface area is 110 Å². The molecule has 0 heterocycles. The minimum atomic E-state index is -0.207. The van der Waals surface area contributed by atoms with Crippen LogP contribution in [0.1, 0.15) is 19.8 Å². The molecule has 0 N–H and O–H groups in total. The predicted octanol–water partition coefficient (Wildman–Crippen LogP) is 3.42. The van der Waals surface area contributed by atoms with Crippen LogP contribution in [0, 0.1) is 5.92 Å². The number of ether oxygens (including phenoxy) is 2. The van der Waals surface area contributed by atoms with Crippen LogP contribution in [-0.4, -0.2) is 19.7 Å². The highest BCUT2D eigenvalue weighted by Crippen LogP contribution is 2.19. The second-order valence-electron chi connectivity index (χ2n) is 3.78. The van der Waals surface area contributed by atoms with Gasteiger partial charge in [-0.1, -0.05) is 35.3 Å². The van der Waals surface area contributed by atoms with Crippen LogP contribution in [0.2, 0.25) is 0 Å². The quantitative estimate of drug-likeness (QED) is 0.755. The molecule has 0 fully saturated rings. The lowest BCUT2D eigenvalue weighted by Gasteiger charge is -2.14. The van der Waals surface area contributed by atoms with Gasteiger partial charge in [0.05, 0.1) is 13.0 Å². The molecule has 0 bridgehead atoms. The van der Waals surface area contributed by atoms with Crippen molar-refractivity contribution in [2.75, 3.05) is 13.7 Å². The van der Waals surface area contributed by atoms with Gasteiger partial charge in [0.1, 0.15) is 12.4 Å². The maximum absolute atomic E-state index is 11.5. The summed E-state index contributed by atoms with van der Waals surface area (Å²) in [7, 11) is 1.41. The van der Waals surface area contributed by atoms with Crippen LogP contribution in [0.4, 0.5) is 0 Å². The molecule has 1 aromatic rings. The van der Waals surface area contributed by atoms with Crippen molar-refractivity contribution < 1.29 is 14.3 Å². The normalized spacial score (nSPS) is 11.9. The average molecular weight is 301 g/mol. The molecule has 0 aliphatic rings. The molecule has 0 saturated carbocycles. The topological polar surface area (TPSA) is 35.5 Å². The van der Waals surface area contributed by atoms with Gasteiger partial charge in [0.25, 0.3) is 0 Å².